The molecule has 0 spiro atoms. The highest BCUT2D eigenvalue weighted by molar-refractivity contribution is 6.00. The molecule has 1 aliphatic carbocycles. The lowest BCUT2D eigenvalue weighted by Crippen LogP contribution is -2.22. The van der Waals surface area contributed by atoms with Gasteiger partial charge in [-0.1, -0.05) is 18.1 Å². The van der Waals surface area contributed by atoms with Gasteiger partial charge in [0, 0.05) is 47.0 Å². The monoisotopic (exact) mass is 684 g/mol. The van der Waals surface area contributed by atoms with Gasteiger partial charge in [-0.05, 0) is 75.4 Å². The molecule has 0 unspecified atom stereocenters. The number of pyridine rings is 1. The predicted octanol–water partition coefficient (Wildman–Crippen LogP) is 7.38. The van der Waals surface area contributed by atoms with Crippen molar-refractivity contribution in [2.75, 3.05) is 5.73 Å². The summed E-state index contributed by atoms with van der Waals surface area (Å²) in [5.74, 6) is -0.772. The minimum absolute atomic E-state index is 0.107. The topological polar surface area (TPSA) is 94.8 Å². The van der Waals surface area contributed by atoms with Crippen molar-refractivity contribution in [3.63, 3.8) is 0 Å². The van der Waals surface area contributed by atoms with Crippen LogP contribution in [-0.2, 0) is 38.0 Å². The van der Waals surface area contributed by atoms with Gasteiger partial charge in [-0.15, -0.1) is 0 Å². The molecule has 7 nitrogen and oxygen atoms in total. The molecule has 0 aliphatic heterocycles. The molecule has 2 aromatic carbocycles. The molecule has 1 atom stereocenters. The number of halogens is 7. The SMILES string of the molecule is CCn1nc(N)c2cccc(-c3ccc(C#CC(C)(C)O)nc3[C@H](Cc3cc(F)cc(F)c3)Cn3nc(C(F)(F)F)c4c3C(F)(F)CC4)c21. The average Bonchev–Trinajstić information content (AvgIpc) is 3.65. The van der Waals surface area contributed by atoms with Gasteiger partial charge in [0.15, 0.2) is 11.5 Å². The second-order valence-electron chi connectivity index (χ2n) is 12.6. The number of benzene rings is 2. The molecule has 1 aliphatic rings. The fraction of sp³-hybridized carbons (Fsp3) is 0.343. The van der Waals surface area contributed by atoms with Crippen LogP contribution >= 0.6 is 0 Å². The van der Waals surface area contributed by atoms with E-state index in [-0.39, 0.29) is 29.2 Å². The Morgan fingerprint density at radius 3 is 2.37 bits per heavy atom. The van der Waals surface area contributed by atoms with Gasteiger partial charge in [0.2, 0.25) is 0 Å². The van der Waals surface area contributed by atoms with Crippen LogP contribution in [0.3, 0.4) is 0 Å². The van der Waals surface area contributed by atoms with E-state index in [1.54, 1.807) is 35.0 Å². The van der Waals surface area contributed by atoms with Crippen LogP contribution in [0.1, 0.15) is 67.0 Å². The summed E-state index contributed by atoms with van der Waals surface area (Å²) in [4.78, 5) is 4.76. The summed E-state index contributed by atoms with van der Waals surface area (Å²) in [5.41, 5.74) is 4.01. The molecule has 3 heterocycles. The third kappa shape index (κ3) is 6.72. The molecule has 0 saturated heterocycles. The predicted molar refractivity (Wildman–Crippen MR) is 168 cm³/mol. The Kier molecular flexibility index (Phi) is 8.47. The van der Waals surface area contributed by atoms with Crippen LogP contribution in [0.15, 0.2) is 48.5 Å². The number of alkyl halides is 5. The Morgan fingerprint density at radius 1 is 1.00 bits per heavy atom. The number of nitrogen functional groups attached to an aromatic ring is 1. The van der Waals surface area contributed by atoms with E-state index in [9.17, 15) is 27.1 Å². The van der Waals surface area contributed by atoms with E-state index >= 15 is 8.78 Å². The number of aryl methyl sites for hydroxylation is 1. The Hall–Kier alpha value is -4.90. The first kappa shape index (κ1) is 34.0. The third-order valence-corrected chi connectivity index (χ3v) is 8.35. The number of nitrogens with zero attached hydrogens (tertiary/aromatic N) is 5. The summed E-state index contributed by atoms with van der Waals surface area (Å²) in [6, 6.07) is 11.3. The maximum atomic E-state index is 15.3. The molecule has 3 N–H and O–H groups in total. The standard InChI is InChI=1S/C35H31F7N6O/c1-4-47-29-25(6-5-7-26(29)32(43)46-47)24-9-8-23(10-12-33(2,3)49)44-28(24)20(14-19-15-21(36)17-22(37)16-19)18-48-31-27(11-13-34(31,38)39)30(45-48)35(40,41)42/h5-9,15-17,20,49H,4,11,13-14,18H2,1-3H3,(H2,43,46)/t20-/m1/s1. The van der Waals surface area contributed by atoms with E-state index in [2.05, 4.69) is 22.0 Å². The second kappa shape index (κ2) is 12.2. The smallest absolute Gasteiger partial charge is 0.382 e. The molecule has 0 radical (unpaired) electrons. The van der Waals surface area contributed by atoms with Gasteiger partial charge in [-0.2, -0.15) is 32.1 Å². The molecule has 14 heteroatoms. The van der Waals surface area contributed by atoms with Gasteiger partial charge < -0.3 is 10.8 Å². The Labute approximate surface area is 276 Å². The van der Waals surface area contributed by atoms with Crippen LogP contribution in [0.25, 0.3) is 22.0 Å². The van der Waals surface area contributed by atoms with Crippen LogP contribution < -0.4 is 5.73 Å². The van der Waals surface area contributed by atoms with Gasteiger partial charge >= 0.3 is 6.18 Å². The molecular formula is C35H31F7N6O. The van der Waals surface area contributed by atoms with Gasteiger partial charge in [-0.25, -0.2) is 13.8 Å². The normalized spacial score (nSPS) is 14.9. The van der Waals surface area contributed by atoms with E-state index in [1.165, 1.54) is 13.8 Å². The van der Waals surface area contributed by atoms with Crippen molar-refractivity contribution in [2.45, 2.75) is 76.7 Å². The zero-order valence-corrected chi connectivity index (χ0v) is 26.6. The minimum atomic E-state index is -5.00. The maximum absolute atomic E-state index is 15.3. The minimum Gasteiger partial charge on any atom is -0.382 e. The zero-order valence-electron chi connectivity index (χ0n) is 26.6. The van der Waals surface area contributed by atoms with E-state index in [0.29, 0.717) is 39.3 Å². The summed E-state index contributed by atoms with van der Waals surface area (Å²) in [6.07, 6.45) is -6.57. The molecule has 0 saturated carbocycles. The van der Waals surface area contributed by atoms with E-state index < -0.39 is 71.6 Å². The number of nitrogens with two attached hydrogens (primary N) is 1. The fourth-order valence-corrected chi connectivity index (χ4v) is 6.38. The van der Waals surface area contributed by atoms with Crippen LogP contribution in [0, 0.1) is 23.5 Å². The average molecular weight is 685 g/mol. The number of aromatic nitrogens is 5. The van der Waals surface area contributed by atoms with Crippen LogP contribution in [-0.4, -0.2) is 35.3 Å². The van der Waals surface area contributed by atoms with Crippen molar-refractivity contribution >= 4 is 16.7 Å². The van der Waals surface area contributed by atoms with Gasteiger partial charge in [0.05, 0.1) is 17.8 Å². The van der Waals surface area contributed by atoms with Crippen molar-refractivity contribution < 1.29 is 35.8 Å². The summed E-state index contributed by atoms with van der Waals surface area (Å²) in [7, 11) is 0. The molecule has 6 rings (SSSR count). The molecule has 3 aromatic heterocycles. The highest BCUT2D eigenvalue weighted by Crippen LogP contribution is 2.47. The Balaban J connectivity index is 1.62. The highest BCUT2D eigenvalue weighted by Gasteiger charge is 2.50. The number of hydrogen-bond acceptors (Lipinski definition) is 5. The number of para-hydroxylation sites is 1. The van der Waals surface area contributed by atoms with Crippen molar-refractivity contribution in [3.8, 4) is 23.0 Å². The largest absolute Gasteiger partial charge is 0.435 e. The lowest BCUT2D eigenvalue weighted by Gasteiger charge is -2.23. The first-order valence-corrected chi connectivity index (χ1v) is 15.5. The fourth-order valence-electron chi connectivity index (χ4n) is 6.38. The third-order valence-electron chi connectivity index (χ3n) is 8.35. The molecule has 0 fully saturated rings. The summed E-state index contributed by atoms with van der Waals surface area (Å²) >= 11 is 0. The van der Waals surface area contributed by atoms with Crippen molar-refractivity contribution in [1.82, 2.24) is 24.5 Å². The first-order chi connectivity index (χ1) is 22.9. The number of aliphatic hydroxyl groups is 1. The molecule has 256 valence electrons. The van der Waals surface area contributed by atoms with Crippen molar-refractivity contribution in [3.05, 3.63) is 94.1 Å². The second-order valence-corrected chi connectivity index (χ2v) is 12.6. The molecule has 49 heavy (non-hydrogen) atoms. The van der Waals surface area contributed by atoms with Gasteiger partial charge in [-0.3, -0.25) is 9.36 Å². The summed E-state index contributed by atoms with van der Waals surface area (Å²) < 4.78 is 104. The van der Waals surface area contributed by atoms with E-state index in [1.807, 2.05) is 6.92 Å². The van der Waals surface area contributed by atoms with Crippen molar-refractivity contribution in [2.24, 2.45) is 0 Å². The number of rotatable bonds is 7. The number of fused-ring (bicyclic) bond motifs is 2. The lowest BCUT2D eigenvalue weighted by molar-refractivity contribution is -0.142. The highest BCUT2D eigenvalue weighted by atomic mass is 19.4. The first-order valence-electron chi connectivity index (χ1n) is 15.5. The number of hydrogen-bond donors (Lipinski definition) is 2. The van der Waals surface area contributed by atoms with E-state index in [0.717, 1.165) is 12.1 Å². The quantitative estimate of drug-likeness (QED) is 0.138. The Morgan fingerprint density at radius 2 is 1.71 bits per heavy atom. The van der Waals surface area contributed by atoms with E-state index in [4.69, 9.17) is 10.7 Å². The van der Waals surface area contributed by atoms with Crippen LogP contribution in [0.2, 0.25) is 0 Å². The number of anilines is 1. The zero-order chi connectivity index (χ0) is 35.5. The molecule has 0 amide bonds. The molecule has 0 bridgehead atoms. The van der Waals surface area contributed by atoms with Gasteiger partial charge in [0.1, 0.15) is 28.6 Å². The Bertz CT molecular complexity index is 2110. The lowest BCUT2D eigenvalue weighted by atomic mass is 9.89. The molecular weight excluding hydrogens is 653 g/mol. The van der Waals surface area contributed by atoms with Gasteiger partial charge in [0.25, 0.3) is 5.92 Å². The van der Waals surface area contributed by atoms with Crippen LogP contribution in [0.4, 0.5) is 36.6 Å². The summed E-state index contributed by atoms with van der Waals surface area (Å²) in [5, 5.41) is 18.9. The maximum Gasteiger partial charge on any atom is 0.435 e. The molecule has 5 aromatic rings. The summed E-state index contributed by atoms with van der Waals surface area (Å²) in [6.45, 7) is 4.65. The van der Waals surface area contributed by atoms with Crippen molar-refractivity contribution in [1.29, 1.82) is 0 Å². The van der Waals surface area contributed by atoms with Crippen LogP contribution in [0.5, 0.6) is 0 Å².